The molecule has 0 atom stereocenters. The fourth-order valence-corrected chi connectivity index (χ4v) is 6.12. The molecule has 0 unspecified atom stereocenters. The maximum Gasteiger partial charge on any atom is 0.242 e. The number of carbonyl (C=O) groups excluding carboxylic acids is 2. The molecule has 174 valence electrons. The highest BCUT2D eigenvalue weighted by Crippen LogP contribution is 2.25. The molecule has 2 heterocycles. The number of benzene rings is 1. The Kier molecular flexibility index (Phi) is 8.35. The van der Waals surface area contributed by atoms with E-state index in [0.717, 1.165) is 36.1 Å². The fourth-order valence-electron chi connectivity index (χ4n) is 4.50. The van der Waals surface area contributed by atoms with Gasteiger partial charge in [0.25, 0.3) is 0 Å². The summed E-state index contributed by atoms with van der Waals surface area (Å²) in [6.07, 6.45) is 5.84. The zero-order valence-corrected chi connectivity index (χ0v) is 20.9. The SMILES string of the molecule is Cc1ccsc1CN(Cc1ccccc1)C(=O)CN(C(=O)Cc1cccs1)C1CCCCC1. The summed E-state index contributed by atoms with van der Waals surface area (Å²) >= 11 is 3.29. The Morgan fingerprint density at radius 3 is 2.33 bits per heavy atom. The number of thiophene rings is 2. The smallest absolute Gasteiger partial charge is 0.242 e. The third kappa shape index (κ3) is 6.55. The van der Waals surface area contributed by atoms with Crippen LogP contribution in [0.3, 0.4) is 0 Å². The Hall–Kier alpha value is -2.44. The van der Waals surface area contributed by atoms with Gasteiger partial charge >= 0.3 is 0 Å². The van der Waals surface area contributed by atoms with Crippen molar-refractivity contribution in [1.82, 2.24) is 9.80 Å². The molecule has 6 heteroatoms. The van der Waals surface area contributed by atoms with E-state index in [9.17, 15) is 9.59 Å². The van der Waals surface area contributed by atoms with Crippen LogP contribution in [-0.2, 0) is 29.1 Å². The summed E-state index contributed by atoms with van der Waals surface area (Å²) in [7, 11) is 0. The van der Waals surface area contributed by atoms with Gasteiger partial charge in [-0.25, -0.2) is 0 Å². The predicted octanol–water partition coefficient (Wildman–Crippen LogP) is 6.05. The standard InChI is InChI=1S/C27H32N2O2S2/c1-21-14-16-33-25(21)19-28(18-22-9-4-2-5-10-22)27(31)20-29(23-11-6-3-7-12-23)26(30)17-24-13-8-15-32-24/h2,4-5,8-10,13-16,23H,3,6-7,11-12,17-20H2,1H3. The first-order valence-corrected chi connectivity index (χ1v) is 13.5. The van der Waals surface area contributed by atoms with Gasteiger partial charge in [0.05, 0.1) is 13.0 Å². The zero-order chi connectivity index (χ0) is 23.0. The summed E-state index contributed by atoms with van der Waals surface area (Å²) in [5.74, 6) is 0.0985. The minimum absolute atomic E-state index is 0.0248. The maximum atomic E-state index is 13.7. The van der Waals surface area contributed by atoms with E-state index < -0.39 is 0 Å². The second-order valence-electron chi connectivity index (χ2n) is 8.83. The van der Waals surface area contributed by atoms with Crippen molar-refractivity contribution in [1.29, 1.82) is 0 Å². The van der Waals surface area contributed by atoms with E-state index in [1.807, 2.05) is 45.5 Å². The summed E-state index contributed by atoms with van der Waals surface area (Å²) in [6.45, 7) is 3.38. The minimum atomic E-state index is 0.0248. The zero-order valence-electron chi connectivity index (χ0n) is 19.2. The highest BCUT2D eigenvalue weighted by Gasteiger charge is 2.29. The van der Waals surface area contributed by atoms with Crippen LogP contribution in [0.4, 0.5) is 0 Å². The lowest BCUT2D eigenvalue weighted by atomic mass is 9.94. The van der Waals surface area contributed by atoms with Gasteiger partial charge in [-0.1, -0.05) is 55.7 Å². The fraction of sp³-hybridized carbons (Fsp3) is 0.407. The Bertz CT molecular complexity index is 1020. The number of nitrogens with zero attached hydrogens (tertiary/aromatic N) is 2. The van der Waals surface area contributed by atoms with Gasteiger partial charge in [-0.15, -0.1) is 22.7 Å². The van der Waals surface area contributed by atoms with Crippen LogP contribution in [0.2, 0.25) is 0 Å². The molecular weight excluding hydrogens is 448 g/mol. The molecule has 0 aliphatic heterocycles. The molecule has 2 amide bonds. The second kappa shape index (κ2) is 11.6. The van der Waals surface area contributed by atoms with E-state index in [-0.39, 0.29) is 24.4 Å². The first kappa shape index (κ1) is 23.7. The summed E-state index contributed by atoms with van der Waals surface area (Å²) in [5.41, 5.74) is 2.32. The van der Waals surface area contributed by atoms with Crippen molar-refractivity contribution in [2.75, 3.05) is 6.54 Å². The van der Waals surface area contributed by atoms with Crippen molar-refractivity contribution in [2.45, 2.75) is 64.6 Å². The number of carbonyl (C=O) groups is 2. The number of amides is 2. The van der Waals surface area contributed by atoms with Crippen LogP contribution in [0, 0.1) is 6.92 Å². The van der Waals surface area contributed by atoms with E-state index in [0.29, 0.717) is 19.5 Å². The van der Waals surface area contributed by atoms with Crippen molar-refractivity contribution in [3.05, 3.63) is 80.2 Å². The molecule has 0 radical (unpaired) electrons. The molecule has 1 fully saturated rings. The molecule has 1 aliphatic rings. The van der Waals surface area contributed by atoms with Crippen molar-refractivity contribution in [3.8, 4) is 0 Å². The molecular formula is C27H32N2O2S2. The average Bonchev–Trinajstić information content (AvgIpc) is 3.50. The molecule has 1 saturated carbocycles. The molecule has 0 N–H and O–H groups in total. The van der Waals surface area contributed by atoms with Gasteiger partial charge in [-0.3, -0.25) is 9.59 Å². The van der Waals surface area contributed by atoms with Crippen LogP contribution < -0.4 is 0 Å². The van der Waals surface area contributed by atoms with Gasteiger partial charge in [-0.05, 0) is 53.8 Å². The van der Waals surface area contributed by atoms with Crippen molar-refractivity contribution in [3.63, 3.8) is 0 Å². The summed E-state index contributed by atoms with van der Waals surface area (Å²) in [4.78, 5) is 33.1. The van der Waals surface area contributed by atoms with Gasteiger partial charge in [-0.2, -0.15) is 0 Å². The average molecular weight is 481 g/mol. The van der Waals surface area contributed by atoms with E-state index in [4.69, 9.17) is 0 Å². The van der Waals surface area contributed by atoms with Crippen LogP contribution in [0.15, 0.2) is 59.3 Å². The molecule has 0 saturated heterocycles. The van der Waals surface area contributed by atoms with Gasteiger partial charge < -0.3 is 9.80 Å². The predicted molar refractivity (Wildman–Crippen MR) is 136 cm³/mol. The second-order valence-corrected chi connectivity index (χ2v) is 10.9. The van der Waals surface area contributed by atoms with Crippen LogP contribution in [0.25, 0.3) is 0 Å². The summed E-state index contributed by atoms with van der Waals surface area (Å²) in [6, 6.07) is 16.4. The molecule has 4 nitrogen and oxygen atoms in total. The Morgan fingerprint density at radius 2 is 1.67 bits per heavy atom. The molecule has 2 aromatic heterocycles. The number of hydrogen-bond donors (Lipinski definition) is 0. The van der Waals surface area contributed by atoms with Crippen molar-refractivity contribution >= 4 is 34.5 Å². The van der Waals surface area contributed by atoms with Crippen LogP contribution >= 0.6 is 22.7 Å². The lowest BCUT2D eigenvalue weighted by Crippen LogP contribution is -2.48. The van der Waals surface area contributed by atoms with Gasteiger partial charge in [0.2, 0.25) is 11.8 Å². The van der Waals surface area contributed by atoms with Crippen molar-refractivity contribution in [2.24, 2.45) is 0 Å². The monoisotopic (exact) mass is 480 g/mol. The molecule has 3 aromatic rings. The van der Waals surface area contributed by atoms with Crippen LogP contribution in [0.5, 0.6) is 0 Å². The summed E-state index contributed by atoms with van der Waals surface area (Å²) in [5, 5.41) is 4.08. The Balaban J connectivity index is 1.53. The normalized spacial score (nSPS) is 14.2. The molecule has 0 spiro atoms. The van der Waals surface area contributed by atoms with E-state index in [1.54, 1.807) is 22.7 Å². The Morgan fingerprint density at radius 1 is 0.879 bits per heavy atom. The first-order chi connectivity index (χ1) is 16.1. The lowest BCUT2D eigenvalue weighted by Gasteiger charge is -2.35. The van der Waals surface area contributed by atoms with Gasteiger partial charge in [0.15, 0.2) is 0 Å². The lowest BCUT2D eigenvalue weighted by molar-refractivity contribution is -0.143. The topological polar surface area (TPSA) is 40.6 Å². The maximum absolute atomic E-state index is 13.7. The van der Waals surface area contributed by atoms with E-state index in [1.165, 1.54) is 16.9 Å². The third-order valence-electron chi connectivity index (χ3n) is 6.42. The number of rotatable bonds is 9. The van der Waals surface area contributed by atoms with Crippen LogP contribution in [-0.4, -0.2) is 34.2 Å². The Labute approximate surface area is 204 Å². The summed E-state index contributed by atoms with van der Waals surface area (Å²) < 4.78 is 0. The highest BCUT2D eigenvalue weighted by atomic mass is 32.1. The molecule has 1 aromatic carbocycles. The quantitative estimate of drug-likeness (QED) is 0.374. The number of hydrogen-bond acceptors (Lipinski definition) is 4. The molecule has 1 aliphatic carbocycles. The molecule has 0 bridgehead atoms. The largest absolute Gasteiger partial charge is 0.332 e. The van der Waals surface area contributed by atoms with Gasteiger partial charge in [0.1, 0.15) is 6.54 Å². The van der Waals surface area contributed by atoms with Crippen LogP contribution in [0.1, 0.15) is 53.0 Å². The molecule has 33 heavy (non-hydrogen) atoms. The third-order valence-corrected chi connectivity index (χ3v) is 8.30. The molecule has 4 rings (SSSR count). The highest BCUT2D eigenvalue weighted by molar-refractivity contribution is 7.10. The van der Waals surface area contributed by atoms with Gasteiger partial charge in [0, 0.05) is 22.3 Å². The number of aryl methyl sites for hydroxylation is 1. The van der Waals surface area contributed by atoms with E-state index >= 15 is 0 Å². The van der Waals surface area contributed by atoms with E-state index in [2.05, 4.69) is 30.5 Å². The van der Waals surface area contributed by atoms with Crippen molar-refractivity contribution < 1.29 is 9.59 Å². The first-order valence-electron chi connectivity index (χ1n) is 11.8. The minimum Gasteiger partial charge on any atom is -0.332 e.